The van der Waals surface area contributed by atoms with E-state index in [1.54, 1.807) is 11.1 Å². The number of nitrogens with one attached hydrogen (secondary N) is 2. The van der Waals surface area contributed by atoms with Crippen LogP contribution < -0.4 is 29.9 Å². The number of halogens is 2. The van der Waals surface area contributed by atoms with Crippen molar-refractivity contribution >= 4 is 34.5 Å². The Labute approximate surface area is 242 Å². The number of anilines is 5. The number of ether oxygens (including phenoxy) is 3. The second kappa shape index (κ2) is 11.1. The first-order chi connectivity index (χ1) is 20.4. The van der Waals surface area contributed by atoms with E-state index in [1.807, 2.05) is 24.3 Å². The van der Waals surface area contributed by atoms with E-state index in [1.165, 1.54) is 20.3 Å². The summed E-state index contributed by atoms with van der Waals surface area (Å²) in [6, 6.07) is 7.83. The molecule has 2 N–H and O–H groups in total. The summed E-state index contributed by atoms with van der Waals surface area (Å²) < 4.78 is 46.1. The second-order valence-electron chi connectivity index (χ2n) is 10.6. The number of rotatable bonds is 8. The van der Waals surface area contributed by atoms with Crippen LogP contribution in [0.3, 0.4) is 0 Å². The van der Waals surface area contributed by atoms with Crippen molar-refractivity contribution in [2.75, 3.05) is 67.5 Å². The molecule has 6 rings (SSSR count). The normalized spacial score (nSPS) is 17.0. The van der Waals surface area contributed by atoms with Crippen LogP contribution in [0.5, 0.6) is 11.8 Å². The number of hydrogen-bond acceptors (Lipinski definition) is 9. The molecule has 1 spiro atoms. The first kappa shape index (κ1) is 27.7. The Kier molecular flexibility index (Phi) is 7.31. The van der Waals surface area contributed by atoms with Gasteiger partial charge in [-0.1, -0.05) is 6.58 Å². The summed E-state index contributed by atoms with van der Waals surface area (Å²) in [5.41, 5.74) is 3.73. The summed E-state index contributed by atoms with van der Waals surface area (Å²) in [5, 5.41) is 6.26. The minimum absolute atomic E-state index is 0.221. The molecule has 1 aromatic carbocycles. The van der Waals surface area contributed by atoms with Gasteiger partial charge in [-0.25, -0.2) is 4.98 Å². The molecule has 10 nitrogen and oxygen atoms in total. The lowest BCUT2D eigenvalue weighted by molar-refractivity contribution is -0.111. The van der Waals surface area contributed by atoms with Crippen LogP contribution in [-0.4, -0.2) is 62.9 Å². The van der Waals surface area contributed by atoms with Crippen molar-refractivity contribution in [1.82, 2.24) is 9.97 Å². The van der Waals surface area contributed by atoms with E-state index in [-0.39, 0.29) is 35.3 Å². The van der Waals surface area contributed by atoms with Gasteiger partial charge in [0.25, 0.3) is 11.8 Å². The Balaban J connectivity index is 1.30. The van der Waals surface area contributed by atoms with E-state index in [4.69, 9.17) is 14.2 Å². The number of methoxy groups -OCH3 is 2. The maximum atomic E-state index is 15.3. The number of nitrogens with zero attached hydrogens (tertiary/aromatic N) is 4. The molecule has 2 aliphatic heterocycles. The van der Waals surface area contributed by atoms with Gasteiger partial charge in [0.2, 0.25) is 17.5 Å². The zero-order chi connectivity index (χ0) is 29.4. The average Bonchev–Trinajstić information content (AvgIpc) is 3.78. The van der Waals surface area contributed by atoms with Crippen molar-refractivity contribution in [2.24, 2.45) is 0 Å². The molecule has 3 aliphatic rings. The summed E-state index contributed by atoms with van der Waals surface area (Å²) in [6.07, 6.45) is 4.71. The molecule has 1 aliphatic carbocycles. The fourth-order valence-electron chi connectivity index (χ4n) is 5.74. The van der Waals surface area contributed by atoms with Crippen molar-refractivity contribution in [1.29, 1.82) is 0 Å². The van der Waals surface area contributed by atoms with E-state index in [2.05, 4.69) is 32.1 Å². The molecular weight excluding hydrogens is 546 g/mol. The van der Waals surface area contributed by atoms with Gasteiger partial charge in [-0.05, 0) is 54.3 Å². The van der Waals surface area contributed by atoms with Crippen molar-refractivity contribution < 1.29 is 27.8 Å². The summed E-state index contributed by atoms with van der Waals surface area (Å²) >= 11 is 0. The van der Waals surface area contributed by atoms with Crippen LogP contribution >= 0.6 is 0 Å². The molecule has 0 unspecified atom stereocenters. The van der Waals surface area contributed by atoms with Gasteiger partial charge < -0.3 is 34.6 Å². The number of amides is 1. The van der Waals surface area contributed by atoms with Gasteiger partial charge in [0, 0.05) is 43.5 Å². The highest BCUT2D eigenvalue weighted by atomic mass is 19.1. The van der Waals surface area contributed by atoms with Gasteiger partial charge in [-0.15, -0.1) is 0 Å². The number of fused-ring (bicyclic) bond motifs is 2. The molecule has 4 heterocycles. The summed E-state index contributed by atoms with van der Waals surface area (Å²) in [6.45, 7) is 7.07. The Morgan fingerprint density at radius 1 is 1.07 bits per heavy atom. The molecule has 0 radical (unpaired) electrons. The zero-order valence-electron chi connectivity index (χ0n) is 23.5. The maximum Gasteiger partial charge on any atom is 0.255 e. The minimum atomic E-state index is -0.865. The fourth-order valence-corrected chi connectivity index (χ4v) is 5.74. The van der Waals surface area contributed by atoms with Crippen molar-refractivity contribution in [2.45, 2.75) is 24.8 Å². The van der Waals surface area contributed by atoms with Gasteiger partial charge in [0.1, 0.15) is 11.5 Å². The SMILES string of the molecule is C=CC(=O)Nc1cc(N2CCOCC2)ccc1Nc1cc2c(cn1)CN(c1c(F)c(OC)nc(OC)c1F)CC21CC1. The van der Waals surface area contributed by atoms with E-state index in [9.17, 15) is 4.79 Å². The number of hydrogen-bond donors (Lipinski definition) is 2. The molecule has 1 amide bonds. The number of carbonyl (C=O) groups is 1. The largest absolute Gasteiger partial charge is 0.479 e. The third-order valence-electron chi connectivity index (χ3n) is 8.05. The van der Waals surface area contributed by atoms with E-state index in [0.717, 1.165) is 42.7 Å². The third-order valence-corrected chi connectivity index (χ3v) is 8.05. The van der Waals surface area contributed by atoms with Crippen LogP contribution in [0.2, 0.25) is 0 Å². The standard InChI is InChI=1S/C30H32F2N6O4/c1-4-24(39)35-22-13-19(37-9-11-42-12-10-37)5-6-21(22)34-23-14-20-18(15-33-23)16-38(17-30(20)7-8-30)27-25(31)28(40-2)36-29(41-3)26(27)32/h4-6,13-15H,1,7-12,16-17H2,2-3H3,(H,33,34)(H,35,39). The molecule has 3 aromatic rings. The van der Waals surface area contributed by atoms with Crippen LogP contribution in [0.15, 0.2) is 43.1 Å². The molecule has 0 bridgehead atoms. The monoisotopic (exact) mass is 578 g/mol. The first-order valence-electron chi connectivity index (χ1n) is 13.7. The lowest BCUT2D eigenvalue weighted by Gasteiger charge is -2.37. The number of pyridine rings is 2. The van der Waals surface area contributed by atoms with Crippen molar-refractivity contribution in [3.63, 3.8) is 0 Å². The number of aromatic nitrogens is 2. The average molecular weight is 579 g/mol. The van der Waals surface area contributed by atoms with Gasteiger partial charge in [0.05, 0.1) is 38.8 Å². The summed E-state index contributed by atoms with van der Waals surface area (Å²) in [4.78, 5) is 24.6. The number of morpholine rings is 1. The molecule has 1 saturated carbocycles. The molecule has 2 fully saturated rings. The Morgan fingerprint density at radius 3 is 2.43 bits per heavy atom. The lowest BCUT2D eigenvalue weighted by Crippen LogP contribution is -2.39. The molecular formula is C30H32F2N6O4. The molecule has 2 aromatic heterocycles. The Hall–Kier alpha value is -4.45. The third kappa shape index (κ3) is 5.06. The van der Waals surface area contributed by atoms with Crippen LogP contribution in [0, 0.1) is 11.6 Å². The van der Waals surface area contributed by atoms with Crippen LogP contribution in [0.4, 0.5) is 37.3 Å². The summed E-state index contributed by atoms with van der Waals surface area (Å²) in [5.74, 6) is -2.10. The van der Waals surface area contributed by atoms with E-state index in [0.29, 0.717) is 37.0 Å². The van der Waals surface area contributed by atoms with Gasteiger partial charge >= 0.3 is 0 Å². The van der Waals surface area contributed by atoms with Gasteiger partial charge in [-0.2, -0.15) is 13.8 Å². The Bertz CT molecular complexity index is 1510. The first-order valence-corrected chi connectivity index (χ1v) is 13.7. The van der Waals surface area contributed by atoms with Crippen LogP contribution in [0.25, 0.3) is 0 Å². The molecule has 0 atom stereocenters. The fraction of sp³-hybridized carbons (Fsp3) is 0.367. The smallest absolute Gasteiger partial charge is 0.255 e. The van der Waals surface area contributed by atoms with Crippen molar-refractivity contribution in [3.05, 3.63) is 65.9 Å². The zero-order valence-corrected chi connectivity index (χ0v) is 23.5. The maximum absolute atomic E-state index is 15.3. The highest BCUT2D eigenvalue weighted by Gasteiger charge is 2.50. The minimum Gasteiger partial charge on any atom is -0.479 e. The van der Waals surface area contributed by atoms with Gasteiger partial charge in [0.15, 0.2) is 0 Å². The van der Waals surface area contributed by atoms with E-state index < -0.39 is 11.6 Å². The Morgan fingerprint density at radius 2 is 1.79 bits per heavy atom. The van der Waals surface area contributed by atoms with Crippen LogP contribution in [0.1, 0.15) is 24.0 Å². The topological polar surface area (TPSA) is 101 Å². The highest BCUT2D eigenvalue weighted by Crippen LogP contribution is 2.54. The predicted molar refractivity (Wildman–Crippen MR) is 155 cm³/mol. The number of benzene rings is 1. The summed E-state index contributed by atoms with van der Waals surface area (Å²) in [7, 11) is 2.56. The van der Waals surface area contributed by atoms with Gasteiger partial charge in [-0.3, -0.25) is 4.79 Å². The lowest BCUT2D eigenvalue weighted by atomic mass is 9.87. The second-order valence-corrected chi connectivity index (χ2v) is 10.6. The highest BCUT2D eigenvalue weighted by molar-refractivity contribution is 6.02. The predicted octanol–water partition coefficient (Wildman–Crippen LogP) is 4.53. The van der Waals surface area contributed by atoms with Crippen molar-refractivity contribution in [3.8, 4) is 11.8 Å². The quantitative estimate of drug-likeness (QED) is 0.374. The molecule has 1 saturated heterocycles. The molecule has 220 valence electrons. The van der Waals surface area contributed by atoms with E-state index >= 15 is 8.78 Å². The van der Waals surface area contributed by atoms with Crippen LogP contribution in [-0.2, 0) is 21.5 Å². The number of carbonyl (C=O) groups excluding carboxylic acids is 1. The molecule has 42 heavy (non-hydrogen) atoms. The molecule has 12 heteroatoms.